The first-order chi connectivity index (χ1) is 11.8. The fraction of sp³-hybridized carbons (Fsp3) is 0.400. The van der Waals surface area contributed by atoms with Crippen molar-refractivity contribution < 1.29 is 4.79 Å². The first-order valence-electron chi connectivity index (χ1n) is 8.81. The molecule has 1 fully saturated rings. The molecule has 4 heteroatoms. The largest absolute Gasteiger partial charge is 0.335 e. The lowest BCUT2D eigenvalue weighted by atomic mass is 9.95. The summed E-state index contributed by atoms with van der Waals surface area (Å²) in [4.78, 5) is 21.6. The van der Waals surface area contributed by atoms with E-state index in [1.807, 2.05) is 36.7 Å². The summed E-state index contributed by atoms with van der Waals surface area (Å²) in [5.74, 6) is 0.225. The van der Waals surface area contributed by atoms with Crippen molar-refractivity contribution in [3.63, 3.8) is 0 Å². The molecule has 2 aliphatic heterocycles. The number of aromatic nitrogens is 1. The van der Waals surface area contributed by atoms with Crippen LogP contribution in [0.25, 0.3) is 0 Å². The van der Waals surface area contributed by atoms with Gasteiger partial charge in [-0.2, -0.15) is 0 Å². The summed E-state index contributed by atoms with van der Waals surface area (Å²) >= 11 is 0. The van der Waals surface area contributed by atoms with Crippen LogP contribution in [-0.2, 0) is 13.0 Å². The summed E-state index contributed by atoms with van der Waals surface area (Å²) < 4.78 is 0. The van der Waals surface area contributed by atoms with Gasteiger partial charge in [-0.3, -0.25) is 14.7 Å². The highest BCUT2D eigenvalue weighted by Gasteiger charge is 2.31. The maximum atomic E-state index is 12.8. The Bertz CT molecular complexity index is 708. The highest BCUT2D eigenvalue weighted by Crippen LogP contribution is 2.25. The van der Waals surface area contributed by atoms with E-state index in [-0.39, 0.29) is 5.91 Å². The highest BCUT2D eigenvalue weighted by molar-refractivity contribution is 5.96. The van der Waals surface area contributed by atoms with Crippen LogP contribution in [0.1, 0.15) is 34.3 Å². The van der Waals surface area contributed by atoms with Gasteiger partial charge in [0.05, 0.1) is 0 Å². The molecule has 1 saturated heterocycles. The molecular weight excluding hydrogens is 298 g/mol. The zero-order valence-electron chi connectivity index (χ0n) is 13.9. The van der Waals surface area contributed by atoms with Crippen LogP contribution in [0, 0.1) is 0 Å². The molecule has 1 aromatic heterocycles. The fourth-order valence-electron chi connectivity index (χ4n) is 3.93. The molecule has 124 valence electrons. The van der Waals surface area contributed by atoms with Crippen LogP contribution < -0.4 is 0 Å². The van der Waals surface area contributed by atoms with Crippen LogP contribution in [0.5, 0.6) is 0 Å². The Morgan fingerprint density at radius 2 is 1.88 bits per heavy atom. The molecule has 0 atom stereocenters. The second kappa shape index (κ2) is 6.73. The van der Waals surface area contributed by atoms with Crippen LogP contribution in [0.3, 0.4) is 0 Å². The van der Waals surface area contributed by atoms with E-state index >= 15 is 0 Å². The van der Waals surface area contributed by atoms with Crippen LogP contribution >= 0.6 is 0 Å². The standard InChI is InChI=1S/C20H23N3O/c24-20-19-6-2-1-5-17(19)7-13-23(20)18-8-11-22(12-9-18)15-16-4-3-10-21-14-16/h1-6,10,14,18H,7-9,11-13,15H2. The topological polar surface area (TPSA) is 36.4 Å². The van der Waals surface area contributed by atoms with E-state index in [4.69, 9.17) is 0 Å². The predicted octanol–water partition coefficient (Wildman–Crippen LogP) is 2.74. The highest BCUT2D eigenvalue weighted by atomic mass is 16.2. The van der Waals surface area contributed by atoms with E-state index in [1.165, 1.54) is 11.1 Å². The number of pyridine rings is 1. The quantitative estimate of drug-likeness (QED) is 0.872. The number of carbonyl (C=O) groups is 1. The first-order valence-corrected chi connectivity index (χ1v) is 8.81. The molecule has 0 spiro atoms. The lowest BCUT2D eigenvalue weighted by molar-refractivity contribution is 0.0546. The maximum absolute atomic E-state index is 12.8. The Labute approximate surface area is 143 Å². The second-order valence-electron chi connectivity index (χ2n) is 6.77. The first kappa shape index (κ1) is 15.3. The van der Waals surface area contributed by atoms with Gasteiger partial charge in [0.2, 0.25) is 0 Å². The molecule has 3 heterocycles. The van der Waals surface area contributed by atoms with Gasteiger partial charge in [-0.15, -0.1) is 0 Å². The van der Waals surface area contributed by atoms with Gasteiger partial charge >= 0.3 is 0 Å². The average molecular weight is 321 g/mol. The normalized spacial score (nSPS) is 19.3. The number of rotatable bonds is 3. The smallest absolute Gasteiger partial charge is 0.254 e. The van der Waals surface area contributed by atoms with Crippen molar-refractivity contribution in [1.29, 1.82) is 0 Å². The Morgan fingerprint density at radius 3 is 2.67 bits per heavy atom. The Kier molecular flexibility index (Phi) is 4.30. The summed E-state index contributed by atoms with van der Waals surface area (Å²) in [6, 6.07) is 12.6. The molecule has 0 saturated carbocycles. The van der Waals surface area contributed by atoms with Crippen molar-refractivity contribution in [2.75, 3.05) is 19.6 Å². The van der Waals surface area contributed by atoms with Gasteiger partial charge in [0.15, 0.2) is 0 Å². The van der Waals surface area contributed by atoms with Crippen molar-refractivity contribution >= 4 is 5.91 Å². The number of piperidine rings is 1. The third-order valence-corrected chi connectivity index (χ3v) is 5.26. The van der Waals surface area contributed by atoms with Gasteiger partial charge in [0.25, 0.3) is 5.91 Å². The molecule has 4 nitrogen and oxygen atoms in total. The van der Waals surface area contributed by atoms with Crippen LogP contribution in [0.4, 0.5) is 0 Å². The molecular formula is C20H23N3O. The SMILES string of the molecule is O=C1c2ccccc2CCN1C1CCN(Cc2cccnc2)CC1. The Balaban J connectivity index is 1.37. The number of nitrogens with zero attached hydrogens (tertiary/aromatic N) is 3. The third kappa shape index (κ3) is 3.06. The Morgan fingerprint density at radius 1 is 1.04 bits per heavy atom. The number of benzene rings is 1. The second-order valence-corrected chi connectivity index (χ2v) is 6.77. The fourth-order valence-corrected chi connectivity index (χ4v) is 3.93. The van der Waals surface area contributed by atoms with Gasteiger partial charge in [-0.25, -0.2) is 0 Å². The molecule has 1 amide bonds. The van der Waals surface area contributed by atoms with Gasteiger partial charge in [0, 0.05) is 50.2 Å². The van der Waals surface area contributed by atoms with E-state index in [2.05, 4.69) is 26.9 Å². The predicted molar refractivity (Wildman–Crippen MR) is 93.7 cm³/mol. The van der Waals surface area contributed by atoms with Crippen molar-refractivity contribution in [2.45, 2.75) is 31.8 Å². The molecule has 2 aromatic rings. The lowest BCUT2D eigenvalue weighted by Crippen LogP contribution is -2.49. The number of hydrogen-bond acceptors (Lipinski definition) is 3. The van der Waals surface area contributed by atoms with Crippen LogP contribution in [0.15, 0.2) is 48.8 Å². The molecule has 24 heavy (non-hydrogen) atoms. The third-order valence-electron chi connectivity index (χ3n) is 5.26. The number of fused-ring (bicyclic) bond motifs is 1. The van der Waals surface area contributed by atoms with Crippen molar-refractivity contribution in [3.05, 3.63) is 65.5 Å². The number of carbonyl (C=O) groups excluding carboxylic acids is 1. The summed E-state index contributed by atoms with van der Waals surface area (Å²) in [6.45, 7) is 3.91. The van der Waals surface area contributed by atoms with E-state index < -0.39 is 0 Å². The summed E-state index contributed by atoms with van der Waals surface area (Å²) in [5, 5.41) is 0. The van der Waals surface area contributed by atoms with Gasteiger partial charge in [0.1, 0.15) is 0 Å². The van der Waals surface area contributed by atoms with Crippen molar-refractivity contribution in [2.24, 2.45) is 0 Å². The molecule has 0 radical (unpaired) electrons. The minimum Gasteiger partial charge on any atom is -0.335 e. The summed E-state index contributed by atoms with van der Waals surface area (Å²) in [6.07, 6.45) is 6.87. The minimum atomic E-state index is 0.225. The molecule has 0 unspecified atom stereocenters. The minimum absolute atomic E-state index is 0.225. The molecule has 0 N–H and O–H groups in total. The van der Waals surface area contributed by atoms with E-state index in [1.54, 1.807) is 0 Å². The monoisotopic (exact) mass is 321 g/mol. The molecule has 0 bridgehead atoms. The van der Waals surface area contributed by atoms with Crippen molar-refractivity contribution in [1.82, 2.24) is 14.8 Å². The van der Waals surface area contributed by atoms with E-state index in [0.29, 0.717) is 6.04 Å². The Hall–Kier alpha value is -2.20. The van der Waals surface area contributed by atoms with Gasteiger partial charge in [-0.1, -0.05) is 24.3 Å². The lowest BCUT2D eigenvalue weighted by Gasteiger charge is -2.40. The number of likely N-dealkylation sites (tertiary alicyclic amines) is 1. The number of hydrogen-bond donors (Lipinski definition) is 0. The van der Waals surface area contributed by atoms with Gasteiger partial charge in [-0.05, 0) is 42.5 Å². The van der Waals surface area contributed by atoms with Crippen molar-refractivity contribution in [3.8, 4) is 0 Å². The number of amides is 1. The van der Waals surface area contributed by atoms with Gasteiger partial charge < -0.3 is 4.90 Å². The molecule has 1 aromatic carbocycles. The average Bonchev–Trinajstić information content (AvgIpc) is 2.64. The van der Waals surface area contributed by atoms with Crippen LogP contribution in [-0.4, -0.2) is 46.4 Å². The maximum Gasteiger partial charge on any atom is 0.254 e. The van der Waals surface area contributed by atoms with Crippen LogP contribution in [0.2, 0.25) is 0 Å². The zero-order valence-corrected chi connectivity index (χ0v) is 13.9. The summed E-state index contributed by atoms with van der Waals surface area (Å²) in [5.41, 5.74) is 3.37. The summed E-state index contributed by atoms with van der Waals surface area (Å²) in [7, 11) is 0. The molecule has 2 aliphatic rings. The molecule has 4 rings (SSSR count). The molecule has 0 aliphatic carbocycles. The van der Waals surface area contributed by atoms with E-state index in [0.717, 1.165) is 51.0 Å². The van der Waals surface area contributed by atoms with E-state index in [9.17, 15) is 4.79 Å². The zero-order chi connectivity index (χ0) is 16.4.